The molecular formula is C14H27N2O3S+. The molecule has 2 N–H and O–H groups in total. The molecule has 20 heavy (non-hydrogen) atoms. The molecule has 2 atom stereocenters. The van der Waals surface area contributed by atoms with Crippen LogP contribution in [0.3, 0.4) is 0 Å². The normalized spacial score (nSPS) is 29.4. The maximum absolute atomic E-state index is 12.3. The van der Waals surface area contributed by atoms with Crippen molar-refractivity contribution in [1.82, 2.24) is 5.32 Å². The van der Waals surface area contributed by atoms with Crippen molar-refractivity contribution in [2.24, 2.45) is 0 Å². The maximum Gasteiger partial charge on any atom is 0.278 e. The second-order valence-corrected chi connectivity index (χ2v) is 8.48. The van der Waals surface area contributed by atoms with Crippen molar-refractivity contribution in [2.75, 3.05) is 24.6 Å². The van der Waals surface area contributed by atoms with E-state index in [4.69, 9.17) is 0 Å². The first-order chi connectivity index (χ1) is 9.48. The van der Waals surface area contributed by atoms with Crippen LogP contribution < -0.4 is 10.2 Å². The van der Waals surface area contributed by atoms with E-state index in [-0.39, 0.29) is 29.5 Å². The second kappa shape index (κ2) is 6.89. The largest absolute Gasteiger partial charge is 0.347 e. The average Bonchev–Trinajstić information content (AvgIpc) is 2.67. The van der Waals surface area contributed by atoms with Crippen molar-refractivity contribution in [3.63, 3.8) is 0 Å². The third-order valence-corrected chi connectivity index (χ3v) is 6.35. The highest BCUT2D eigenvalue weighted by molar-refractivity contribution is 7.91. The van der Waals surface area contributed by atoms with Crippen molar-refractivity contribution in [3.05, 3.63) is 0 Å². The van der Waals surface area contributed by atoms with E-state index in [0.29, 0.717) is 6.42 Å². The van der Waals surface area contributed by atoms with Crippen molar-refractivity contribution in [3.8, 4) is 0 Å². The zero-order valence-corrected chi connectivity index (χ0v) is 13.2. The molecule has 2 rings (SSSR count). The van der Waals surface area contributed by atoms with E-state index >= 15 is 0 Å². The molecule has 6 heteroatoms. The molecule has 0 saturated carbocycles. The lowest BCUT2D eigenvalue weighted by molar-refractivity contribution is -0.915. The number of hydrogen-bond donors (Lipinski definition) is 2. The standard InChI is InChI=1S/C14H26N2O3S/c1-12(16-8-5-3-2-4-6-9-16)14(17)15-13-7-10-20(18,19)11-13/h12-13H,2-11H2,1H3,(H,15,17)/p+1/t12-,13+/m1/s1. The minimum absolute atomic E-state index is 0.0164. The summed E-state index contributed by atoms with van der Waals surface area (Å²) in [5, 5.41) is 2.93. The van der Waals surface area contributed by atoms with Gasteiger partial charge in [0.15, 0.2) is 15.9 Å². The molecule has 2 fully saturated rings. The van der Waals surface area contributed by atoms with Gasteiger partial charge in [0, 0.05) is 6.04 Å². The molecule has 0 aromatic carbocycles. The van der Waals surface area contributed by atoms with E-state index < -0.39 is 9.84 Å². The summed E-state index contributed by atoms with van der Waals surface area (Å²) >= 11 is 0. The number of carbonyl (C=O) groups excluding carboxylic acids is 1. The van der Waals surface area contributed by atoms with Crippen molar-refractivity contribution < 1.29 is 18.1 Å². The summed E-state index contributed by atoms with van der Waals surface area (Å²) in [7, 11) is -2.92. The van der Waals surface area contributed by atoms with Crippen LogP contribution in [0.15, 0.2) is 0 Å². The van der Waals surface area contributed by atoms with Crippen LogP contribution in [0.4, 0.5) is 0 Å². The number of quaternary nitrogens is 1. The van der Waals surface area contributed by atoms with Gasteiger partial charge in [-0.25, -0.2) is 8.42 Å². The van der Waals surface area contributed by atoms with Gasteiger partial charge in [-0.15, -0.1) is 0 Å². The van der Waals surface area contributed by atoms with Crippen LogP contribution in [0.1, 0.15) is 45.4 Å². The van der Waals surface area contributed by atoms with Crippen LogP contribution in [0.5, 0.6) is 0 Å². The van der Waals surface area contributed by atoms with Crippen molar-refractivity contribution in [2.45, 2.75) is 57.5 Å². The number of nitrogens with one attached hydrogen (secondary N) is 2. The highest BCUT2D eigenvalue weighted by Crippen LogP contribution is 2.11. The third kappa shape index (κ3) is 4.45. The first kappa shape index (κ1) is 15.8. The van der Waals surface area contributed by atoms with Gasteiger partial charge >= 0.3 is 0 Å². The van der Waals surface area contributed by atoms with E-state index in [2.05, 4.69) is 5.32 Å². The molecule has 2 saturated heterocycles. The van der Waals surface area contributed by atoms with Gasteiger partial charge in [0.1, 0.15) is 0 Å². The number of amides is 1. The SMILES string of the molecule is C[C@H](C(=O)N[C@H]1CCS(=O)(=O)C1)[NH+]1CCCCCCC1. The number of carbonyl (C=O) groups is 1. The number of likely N-dealkylation sites (tertiary alicyclic amines) is 1. The number of rotatable bonds is 3. The van der Waals surface area contributed by atoms with Gasteiger partial charge in [0.2, 0.25) is 0 Å². The number of sulfone groups is 1. The lowest BCUT2D eigenvalue weighted by Crippen LogP contribution is -3.16. The molecule has 0 bridgehead atoms. The maximum atomic E-state index is 12.3. The van der Waals surface area contributed by atoms with E-state index in [1.807, 2.05) is 6.92 Å². The van der Waals surface area contributed by atoms with Crippen LogP contribution in [-0.2, 0) is 14.6 Å². The van der Waals surface area contributed by atoms with Crippen molar-refractivity contribution in [1.29, 1.82) is 0 Å². The fraction of sp³-hybridized carbons (Fsp3) is 0.929. The molecular weight excluding hydrogens is 276 g/mol. The van der Waals surface area contributed by atoms with E-state index in [0.717, 1.165) is 13.1 Å². The Kier molecular flexibility index (Phi) is 5.43. The topological polar surface area (TPSA) is 67.7 Å². The highest BCUT2D eigenvalue weighted by atomic mass is 32.2. The van der Waals surface area contributed by atoms with Gasteiger partial charge in [-0.05, 0) is 39.0 Å². The first-order valence-corrected chi connectivity index (χ1v) is 9.65. The zero-order chi connectivity index (χ0) is 14.6. The molecule has 2 heterocycles. The molecule has 0 aromatic heterocycles. The number of hydrogen-bond acceptors (Lipinski definition) is 3. The highest BCUT2D eigenvalue weighted by Gasteiger charge is 2.32. The second-order valence-electron chi connectivity index (χ2n) is 6.26. The summed E-state index contributed by atoms with van der Waals surface area (Å²) in [6.45, 7) is 4.07. The smallest absolute Gasteiger partial charge is 0.278 e. The Labute approximate surface area is 122 Å². The predicted octanol–water partition coefficient (Wildman–Crippen LogP) is -0.473. The summed E-state index contributed by atoms with van der Waals surface area (Å²) in [5.74, 6) is 0.339. The summed E-state index contributed by atoms with van der Waals surface area (Å²) in [4.78, 5) is 13.6. The molecule has 116 valence electrons. The van der Waals surface area contributed by atoms with Crippen LogP contribution in [0.25, 0.3) is 0 Å². The molecule has 0 radical (unpaired) electrons. The minimum atomic E-state index is -2.92. The lowest BCUT2D eigenvalue weighted by Gasteiger charge is -2.27. The van der Waals surface area contributed by atoms with Crippen molar-refractivity contribution >= 4 is 15.7 Å². The van der Waals surface area contributed by atoms with Crippen LogP contribution in [0.2, 0.25) is 0 Å². The summed E-state index contributed by atoms with van der Waals surface area (Å²) in [6.07, 6.45) is 6.77. The van der Waals surface area contributed by atoms with Crippen LogP contribution >= 0.6 is 0 Å². The molecule has 5 nitrogen and oxygen atoms in total. The monoisotopic (exact) mass is 303 g/mol. The molecule has 1 amide bonds. The molecule has 2 aliphatic heterocycles. The van der Waals surface area contributed by atoms with Gasteiger partial charge < -0.3 is 10.2 Å². The predicted molar refractivity (Wildman–Crippen MR) is 78.4 cm³/mol. The molecule has 0 spiro atoms. The summed E-state index contributed by atoms with van der Waals surface area (Å²) in [5.41, 5.74) is 0. The molecule has 0 aromatic rings. The van der Waals surface area contributed by atoms with Crippen LogP contribution in [0, 0.1) is 0 Å². The van der Waals surface area contributed by atoms with Gasteiger partial charge in [0.25, 0.3) is 5.91 Å². The van der Waals surface area contributed by atoms with E-state index in [1.165, 1.54) is 37.0 Å². The summed E-state index contributed by atoms with van der Waals surface area (Å²) in [6, 6.07) is -0.250. The van der Waals surface area contributed by atoms with Gasteiger partial charge in [-0.1, -0.05) is 6.42 Å². The third-order valence-electron chi connectivity index (χ3n) is 4.58. The first-order valence-electron chi connectivity index (χ1n) is 7.83. The lowest BCUT2D eigenvalue weighted by atomic mass is 10.1. The van der Waals surface area contributed by atoms with E-state index in [1.54, 1.807) is 0 Å². The quantitative estimate of drug-likeness (QED) is 0.740. The van der Waals surface area contributed by atoms with Gasteiger partial charge in [0.05, 0.1) is 24.6 Å². The molecule has 0 unspecified atom stereocenters. The Morgan fingerprint density at radius 2 is 1.75 bits per heavy atom. The van der Waals surface area contributed by atoms with Crippen LogP contribution in [-0.4, -0.2) is 51.0 Å². The van der Waals surface area contributed by atoms with E-state index in [9.17, 15) is 13.2 Å². The fourth-order valence-corrected chi connectivity index (χ4v) is 4.89. The van der Waals surface area contributed by atoms with Gasteiger partial charge in [-0.2, -0.15) is 0 Å². The summed E-state index contributed by atoms with van der Waals surface area (Å²) < 4.78 is 22.8. The Hall–Kier alpha value is -0.620. The average molecular weight is 303 g/mol. The minimum Gasteiger partial charge on any atom is -0.347 e. The Morgan fingerprint density at radius 3 is 2.30 bits per heavy atom. The molecule has 2 aliphatic rings. The Morgan fingerprint density at radius 1 is 1.15 bits per heavy atom. The molecule has 0 aliphatic carbocycles. The fourth-order valence-electron chi connectivity index (χ4n) is 3.21. The Balaban J connectivity index is 1.84. The Bertz CT molecular complexity index is 428. The zero-order valence-electron chi connectivity index (χ0n) is 12.4. The van der Waals surface area contributed by atoms with Gasteiger partial charge in [-0.3, -0.25) is 4.79 Å².